The molecule has 2 unspecified atom stereocenters. The number of hydrogen-bond donors (Lipinski definition) is 1. The first kappa shape index (κ1) is 23.4. The molecule has 2 aliphatic heterocycles. The average Bonchev–Trinajstić information content (AvgIpc) is 3.43. The van der Waals surface area contributed by atoms with Gasteiger partial charge in [0, 0.05) is 18.9 Å². The topological polar surface area (TPSA) is 50.4 Å². The Kier molecular flexibility index (Phi) is 7.12. The predicted octanol–water partition coefficient (Wildman–Crippen LogP) is 5.68. The molecular formula is C31H35N3O2. The second-order valence-electron chi connectivity index (χ2n) is 10.2. The van der Waals surface area contributed by atoms with Gasteiger partial charge in [-0.15, -0.1) is 0 Å². The van der Waals surface area contributed by atoms with Crippen molar-refractivity contribution in [1.82, 2.24) is 15.1 Å². The van der Waals surface area contributed by atoms with Gasteiger partial charge < -0.3 is 14.4 Å². The van der Waals surface area contributed by atoms with E-state index >= 15 is 0 Å². The molecule has 2 saturated heterocycles. The molecule has 0 spiro atoms. The van der Waals surface area contributed by atoms with E-state index in [0.29, 0.717) is 19.1 Å². The van der Waals surface area contributed by atoms with Gasteiger partial charge in [0.1, 0.15) is 6.10 Å². The summed E-state index contributed by atoms with van der Waals surface area (Å²) in [6, 6.07) is 28.1. The van der Waals surface area contributed by atoms with Gasteiger partial charge in [-0.2, -0.15) is 5.10 Å². The standard InChI is InChI=1S/C31H35N3O2/c1-2-7-23(8-3-1)19-27-21-35-22-31(36-27)30-20-29(32-33-30)26-14-17-34(18-15-26)16-13-25-11-6-10-24-9-4-5-12-28(24)25/h1-12,20,26-27,31H,13-19,21-22H2,(H,32,33). The first-order valence-electron chi connectivity index (χ1n) is 13.3. The number of aromatic amines is 1. The first-order valence-corrected chi connectivity index (χ1v) is 13.3. The number of fused-ring (bicyclic) bond motifs is 1. The highest BCUT2D eigenvalue weighted by molar-refractivity contribution is 5.85. The van der Waals surface area contributed by atoms with E-state index in [9.17, 15) is 0 Å². The van der Waals surface area contributed by atoms with E-state index in [0.717, 1.165) is 51.0 Å². The molecule has 186 valence electrons. The molecule has 0 aliphatic carbocycles. The number of H-pyrrole nitrogens is 1. The van der Waals surface area contributed by atoms with Crippen molar-refractivity contribution in [2.24, 2.45) is 0 Å². The lowest BCUT2D eigenvalue weighted by Gasteiger charge is -2.31. The molecule has 0 radical (unpaired) electrons. The summed E-state index contributed by atoms with van der Waals surface area (Å²) in [5, 5.41) is 10.7. The van der Waals surface area contributed by atoms with Crippen molar-refractivity contribution >= 4 is 10.8 Å². The van der Waals surface area contributed by atoms with Crippen LogP contribution < -0.4 is 0 Å². The molecule has 2 fully saturated rings. The third kappa shape index (κ3) is 5.39. The lowest BCUT2D eigenvalue weighted by Crippen LogP contribution is -2.34. The number of piperidine rings is 1. The Labute approximate surface area is 213 Å². The minimum absolute atomic E-state index is 0.0721. The Hall–Kier alpha value is -2.99. The molecule has 0 amide bonds. The smallest absolute Gasteiger partial charge is 0.123 e. The molecule has 0 saturated carbocycles. The number of benzene rings is 3. The van der Waals surface area contributed by atoms with Crippen molar-refractivity contribution in [3.8, 4) is 0 Å². The minimum Gasteiger partial charge on any atom is -0.376 e. The number of nitrogens with zero attached hydrogens (tertiary/aromatic N) is 2. The van der Waals surface area contributed by atoms with E-state index in [4.69, 9.17) is 14.6 Å². The normalized spacial score (nSPS) is 21.7. The molecule has 3 heterocycles. The second-order valence-corrected chi connectivity index (χ2v) is 10.2. The molecule has 5 heteroatoms. The van der Waals surface area contributed by atoms with Gasteiger partial charge >= 0.3 is 0 Å². The number of nitrogens with one attached hydrogen (secondary N) is 1. The zero-order valence-electron chi connectivity index (χ0n) is 20.8. The molecular weight excluding hydrogens is 446 g/mol. The lowest BCUT2D eigenvalue weighted by atomic mass is 9.93. The number of hydrogen-bond acceptors (Lipinski definition) is 4. The summed E-state index contributed by atoms with van der Waals surface area (Å²) in [7, 11) is 0. The zero-order chi connectivity index (χ0) is 24.2. The highest BCUT2D eigenvalue weighted by Crippen LogP contribution is 2.31. The second kappa shape index (κ2) is 11.0. The van der Waals surface area contributed by atoms with Gasteiger partial charge in [0.05, 0.1) is 30.7 Å². The van der Waals surface area contributed by atoms with Crippen LogP contribution in [-0.4, -0.2) is 54.0 Å². The Morgan fingerprint density at radius 3 is 2.58 bits per heavy atom. The molecule has 6 rings (SSSR count). The summed E-state index contributed by atoms with van der Waals surface area (Å²) in [6.45, 7) is 4.59. The summed E-state index contributed by atoms with van der Waals surface area (Å²) in [5.41, 5.74) is 4.95. The van der Waals surface area contributed by atoms with Gasteiger partial charge in [0.2, 0.25) is 0 Å². The quantitative estimate of drug-likeness (QED) is 0.369. The van der Waals surface area contributed by atoms with Crippen LogP contribution in [0.1, 0.15) is 47.4 Å². The van der Waals surface area contributed by atoms with E-state index in [1.54, 1.807) is 0 Å². The molecule has 2 aliphatic rings. The summed E-state index contributed by atoms with van der Waals surface area (Å²) in [5.74, 6) is 0.508. The monoisotopic (exact) mass is 481 g/mol. The van der Waals surface area contributed by atoms with Crippen LogP contribution in [0.3, 0.4) is 0 Å². The fourth-order valence-electron chi connectivity index (χ4n) is 5.73. The highest BCUT2D eigenvalue weighted by Gasteiger charge is 2.28. The van der Waals surface area contributed by atoms with E-state index in [-0.39, 0.29) is 12.2 Å². The fourth-order valence-corrected chi connectivity index (χ4v) is 5.73. The number of likely N-dealkylation sites (tertiary alicyclic amines) is 1. The van der Waals surface area contributed by atoms with E-state index < -0.39 is 0 Å². The number of ether oxygens (including phenoxy) is 2. The Bertz CT molecular complexity index is 1260. The Balaban J connectivity index is 1.01. The summed E-state index contributed by atoms with van der Waals surface area (Å²) >= 11 is 0. The predicted molar refractivity (Wildman–Crippen MR) is 143 cm³/mol. The Morgan fingerprint density at radius 1 is 0.889 bits per heavy atom. The van der Waals surface area contributed by atoms with Gasteiger partial charge in [-0.25, -0.2) is 0 Å². The maximum absolute atomic E-state index is 6.39. The van der Waals surface area contributed by atoms with Crippen LogP contribution in [0.25, 0.3) is 10.8 Å². The van der Waals surface area contributed by atoms with Crippen LogP contribution >= 0.6 is 0 Å². The van der Waals surface area contributed by atoms with Crippen molar-refractivity contribution in [2.45, 2.75) is 43.8 Å². The van der Waals surface area contributed by atoms with Crippen molar-refractivity contribution < 1.29 is 9.47 Å². The van der Waals surface area contributed by atoms with Crippen molar-refractivity contribution in [3.05, 3.63) is 101 Å². The van der Waals surface area contributed by atoms with Crippen LogP contribution in [0.5, 0.6) is 0 Å². The minimum atomic E-state index is -0.0745. The highest BCUT2D eigenvalue weighted by atomic mass is 16.6. The molecule has 1 N–H and O–H groups in total. The van der Waals surface area contributed by atoms with Gasteiger partial charge in [-0.3, -0.25) is 5.10 Å². The Morgan fingerprint density at radius 2 is 1.69 bits per heavy atom. The first-order chi connectivity index (χ1) is 17.8. The maximum Gasteiger partial charge on any atom is 0.123 e. The third-order valence-electron chi connectivity index (χ3n) is 7.78. The molecule has 5 nitrogen and oxygen atoms in total. The molecule has 2 atom stereocenters. The zero-order valence-corrected chi connectivity index (χ0v) is 20.8. The average molecular weight is 482 g/mol. The third-order valence-corrected chi connectivity index (χ3v) is 7.78. The van der Waals surface area contributed by atoms with Crippen LogP contribution in [0.15, 0.2) is 78.9 Å². The summed E-state index contributed by atoms with van der Waals surface area (Å²) in [6.07, 6.45) is 4.27. The van der Waals surface area contributed by atoms with Crippen molar-refractivity contribution in [1.29, 1.82) is 0 Å². The SMILES string of the molecule is c1ccc(CC2COCC(c3cc(C4CCN(CCc5cccc6ccccc56)CC4)n[nH]3)O2)cc1. The summed E-state index contributed by atoms with van der Waals surface area (Å²) in [4.78, 5) is 2.61. The fraction of sp³-hybridized carbons (Fsp3) is 0.387. The van der Waals surface area contributed by atoms with Crippen LogP contribution in [0, 0.1) is 0 Å². The van der Waals surface area contributed by atoms with E-state index in [1.165, 1.54) is 27.6 Å². The lowest BCUT2D eigenvalue weighted by molar-refractivity contribution is -0.140. The summed E-state index contributed by atoms with van der Waals surface area (Å²) < 4.78 is 12.3. The van der Waals surface area contributed by atoms with Crippen molar-refractivity contribution in [2.75, 3.05) is 32.8 Å². The maximum atomic E-state index is 6.39. The number of rotatable bonds is 7. The van der Waals surface area contributed by atoms with Gasteiger partial charge in [-0.05, 0) is 60.3 Å². The molecule has 3 aromatic carbocycles. The molecule has 4 aromatic rings. The van der Waals surface area contributed by atoms with E-state index in [1.807, 2.05) is 6.07 Å². The molecule has 36 heavy (non-hydrogen) atoms. The van der Waals surface area contributed by atoms with Gasteiger partial charge in [-0.1, -0.05) is 72.8 Å². The van der Waals surface area contributed by atoms with E-state index in [2.05, 4.69) is 82.8 Å². The number of aromatic nitrogens is 2. The molecule has 0 bridgehead atoms. The molecule has 1 aromatic heterocycles. The van der Waals surface area contributed by atoms with Crippen molar-refractivity contribution in [3.63, 3.8) is 0 Å². The van der Waals surface area contributed by atoms with Gasteiger partial charge in [0.15, 0.2) is 0 Å². The van der Waals surface area contributed by atoms with Crippen LogP contribution in [-0.2, 0) is 22.3 Å². The largest absolute Gasteiger partial charge is 0.376 e. The van der Waals surface area contributed by atoms with Gasteiger partial charge in [0.25, 0.3) is 0 Å². The van der Waals surface area contributed by atoms with Crippen LogP contribution in [0.2, 0.25) is 0 Å². The van der Waals surface area contributed by atoms with Crippen LogP contribution in [0.4, 0.5) is 0 Å².